The maximum absolute atomic E-state index is 3.95. The Morgan fingerprint density at radius 1 is 1.23 bits per heavy atom. The molecule has 0 atom stereocenters. The summed E-state index contributed by atoms with van der Waals surface area (Å²) in [6.45, 7) is 9.74. The Hall–Kier alpha value is -0.980. The van der Waals surface area contributed by atoms with E-state index < -0.39 is 0 Å². The molecule has 0 saturated heterocycles. The molecule has 0 aromatic heterocycles. The average Bonchev–Trinajstić information content (AvgIpc) is 2.53. The van der Waals surface area contributed by atoms with Gasteiger partial charge in [-0.05, 0) is 25.8 Å². The van der Waals surface area contributed by atoms with Crippen molar-refractivity contribution in [2.75, 3.05) is 0 Å². The van der Waals surface area contributed by atoms with E-state index in [2.05, 4.69) is 18.5 Å². The number of hydrogen-bond donors (Lipinski definition) is 1. The van der Waals surface area contributed by atoms with Crippen LogP contribution in [0.1, 0.15) is 32.6 Å². The summed E-state index contributed by atoms with van der Waals surface area (Å²) < 4.78 is 0. The van der Waals surface area contributed by atoms with Crippen molar-refractivity contribution in [1.29, 1.82) is 0 Å². The third kappa shape index (κ3) is 3.97. The van der Waals surface area contributed by atoms with Crippen LogP contribution in [0, 0.1) is 0 Å². The van der Waals surface area contributed by atoms with Gasteiger partial charge in [-0.15, -0.1) is 0 Å². The zero-order valence-corrected chi connectivity index (χ0v) is 8.47. The molecule has 72 valence electrons. The summed E-state index contributed by atoms with van der Waals surface area (Å²) in [6.07, 6.45) is 9.29. The molecule has 0 aromatic carbocycles. The third-order valence-electron chi connectivity index (χ3n) is 2.31. The number of rotatable bonds is 4. The molecule has 0 heterocycles. The van der Waals surface area contributed by atoms with Crippen molar-refractivity contribution in [3.05, 3.63) is 36.6 Å². The molecule has 1 aliphatic rings. The van der Waals surface area contributed by atoms with Gasteiger partial charge in [0.15, 0.2) is 0 Å². The van der Waals surface area contributed by atoms with Gasteiger partial charge in [0.1, 0.15) is 0 Å². The first-order valence-electron chi connectivity index (χ1n) is 4.97. The molecule has 0 spiro atoms. The van der Waals surface area contributed by atoms with Crippen molar-refractivity contribution in [3.63, 3.8) is 0 Å². The molecule has 0 radical (unpaired) electrons. The van der Waals surface area contributed by atoms with Crippen molar-refractivity contribution < 1.29 is 0 Å². The lowest BCUT2D eigenvalue weighted by molar-refractivity contribution is 0.594. The lowest BCUT2D eigenvalue weighted by atomic mass is 10.2. The Labute approximate surface area is 81.2 Å². The van der Waals surface area contributed by atoms with Crippen LogP contribution in [-0.2, 0) is 0 Å². The number of hydrogen-bond acceptors (Lipinski definition) is 1. The van der Waals surface area contributed by atoms with Crippen LogP contribution in [-0.4, -0.2) is 6.04 Å². The molecule has 1 rings (SSSR count). The van der Waals surface area contributed by atoms with E-state index in [-0.39, 0.29) is 0 Å². The van der Waals surface area contributed by atoms with E-state index in [9.17, 15) is 0 Å². The van der Waals surface area contributed by atoms with Gasteiger partial charge in [-0.1, -0.05) is 37.6 Å². The van der Waals surface area contributed by atoms with Crippen LogP contribution in [0.3, 0.4) is 0 Å². The molecule has 1 nitrogen and oxygen atoms in total. The quantitative estimate of drug-likeness (QED) is 0.650. The maximum atomic E-state index is 3.95. The fourth-order valence-electron chi connectivity index (χ4n) is 1.62. The van der Waals surface area contributed by atoms with Gasteiger partial charge in [0.05, 0.1) is 0 Å². The van der Waals surface area contributed by atoms with Gasteiger partial charge >= 0.3 is 0 Å². The molecule has 0 unspecified atom stereocenters. The second-order valence-electron chi connectivity index (χ2n) is 3.83. The lowest BCUT2D eigenvalue weighted by Crippen LogP contribution is -2.23. The molecule has 1 fully saturated rings. The first-order valence-corrected chi connectivity index (χ1v) is 4.97. The summed E-state index contributed by atoms with van der Waals surface area (Å²) in [5.74, 6) is 0. The van der Waals surface area contributed by atoms with Gasteiger partial charge < -0.3 is 5.32 Å². The average molecular weight is 177 g/mol. The minimum atomic E-state index is 0.655. The standard InChI is InChI=1S/C12H19N/c1-10(2)8-9-11(3)13-12-6-4-5-7-12/h8-9,12-13H,1,3-7H2,2H3/b9-8-. The molecule has 0 aliphatic heterocycles. The lowest BCUT2D eigenvalue weighted by Gasteiger charge is -2.12. The summed E-state index contributed by atoms with van der Waals surface area (Å²) in [5.41, 5.74) is 2.07. The molecule has 1 N–H and O–H groups in total. The summed E-state index contributed by atoms with van der Waals surface area (Å²) in [6, 6.07) is 0.655. The van der Waals surface area contributed by atoms with E-state index in [0.717, 1.165) is 11.3 Å². The summed E-state index contributed by atoms with van der Waals surface area (Å²) in [5, 5.41) is 3.41. The molecule has 1 heteroatoms. The SMILES string of the molecule is C=C(C)/C=C\C(=C)NC1CCCC1. The van der Waals surface area contributed by atoms with Crippen LogP contribution in [0.25, 0.3) is 0 Å². The summed E-state index contributed by atoms with van der Waals surface area (Å²) in [7, 11) is 0. The van der Waals surface area contributed by atoms with Crippen LogP contribution < -0.4 is 5.32 Å². The zero-order chi connectivity index (χ0) is 9.68. The molecular weight excluding hydrogens is 158 g/mol. The van der Waals surface area contributed by atoms with Gasteiger partial charge in [-0.2, -0.15) is 0 Å². The van der Waals surface area contributed by atoms with Gasteiger partial charge in [-0.25, -0.2) is 0 Å². The van der Waals surface area contributed by atoms with Crippen molar-refractivity contribution in [1.82, 2.24) is 5.32 Å². The Morgan fingerprint density at radius 3 is 2.38 bits per heavy atom. The largest absolute Gasteiger partial charge is 0.383 e. The third-order valence-corrected chi connectivity index (χ3v) is 2.31. The highest BCUT2D eigenvalue weighted by Crippen LogP contribution is 2.18. The monoisotopic (exact) mass is 177 g/mol. The Balaban J connectivity index is 2.28. The highest BCUT2D eigenvalue weighted by Gasteiger charge is 2.13. The maximum Gasteiger partial charge on any atom is 0.0269 e. The van der Waals surface area contributed by atoms with Crippen LogP contribution in [0.4, 0.5) is 0 Å². The van der Waals surface area contributed by atoms with E-state index >= 15 is 0 Å². The molecular formula is C12H19N. The smallest absolute Gasteiger partial charge is 0.0269 e. The predicted molar refractivity (Wildman–Crippen MR) is 58.5 cm³/mol. The molecule has 0 bridgehead atoms. The van der Waals surface area contributed by atoms with Gasteiger partial charge in [0, 0.05) is 11.7 Å². The topological polar surface area (TPSA) is 12.0 Å². The second-order valence-corrected chi connectivity index (χ2v) is 3.83. The van der Waals surface area contributed by atoms with Gasteiger partial charge in [0.2, 0.25) is 0 Å². The summed E-state index contributed by atoms with van der Waals surface area (Å²) >= 11 is 0. The Bertz CT molecular complexity index is 219. The molecule has 13 heavy (non-hydrogen) atoms. The van der Waals surface area contributed by atoms with Crippen molar-refractivity contribution >= 4 is 0 Å². The molecule has 0 amide bonds. The van der Waals surface area contributed by atoms with Crippen LogP contribution in [0.5, 0.6) is 0 Å². The summed E-state index contributed by atoms with van der Waals surface area (Å²) in [4.78, 5) is 0. The first kappa shape index (κ1) is 10.1. The zero-order valence-electron chi connectivity index (χ0n) is 8.47. The van der Waals surface area contributed by atoms with E-state index in [1.165, 1.54) is 25.7 Å². The normalized spacial score (nSPS) is 17.9. The van der Waals surface area contributed by atoms with Gasteiger partial charge in [0.25, 0.3) is 0 Å². The fraction of sp³-hybridized carbons (Fsp3) is 0.500. The molecule has 1 aliphatic carbocycles. The van der Waals surface area contributed by atoms with Gasteiger partial charge in [-0.3, -0.25) is 0 Å². The van der Waals surface area contributed by atoms with E-state index in [1.54, 1.807) is 0 Å². The van der Waals surface area contributed by atoms with E-state index in [4.69, 9.17) is 0 Å². The van der Waals surface area contributed by atoms with Crippen molar-refractivity contribution in [3.8, 4) is 0 Å². The first-order chi connectivity index (χ1) is 6.18. The highest BCUT2D eigenvalue weighted by molar-refractivity contribution is 5.22. The second kappa shape index (κ2) is 4.90. The highest BCUT2D eigenvalue weighted by atomic mass is 14.9. The van der Waals surface area contributed by atoms with Crippen LogP contribution in [0.2, 0.25) is 0 Å². The van der Waals surface area contributed by atoms with Crippen LogP contribution >= 0.6 is 0 Å². The number of allylic oxidation sites excluding steroid dienone is 3. The Kier molecular flexibility index (Phi) is 3.81. The minimum absolute atomic E-state index is 0.655. The molecule has 1 saturated carbocycles. The fourth-order valence-corrected chi connectivity index (χ4v) is 1.62. The van der Waals surface area contributed by atoms with Crippen LogP contribution in [0.15, 0.2) is 36.6 Å². The predicted octanol–water partition coefficient (Wildman–Crippen LogP) is 3.16. The minimum Gasteiger partial charge on any atom is -0.383 e. The van der Waals surface area contributed by atoms with Crippen molar-refractivity contribution in [2.45, 2.75) is 38.6 Å². The van der Waals surface area contributed by atoms with E-state index in [0.29, 0.717) is 6.04 Å². The van der Waals surface area contributed by atoms with Crippen molar-refractivity contribution in [2.24, 2.45) is 0 Å². The Morgan fingerprint density at radius 2 is 1.85 bits per heavy atom. The van der Waals surface area contributed by atoms with E-state index in [1.807, 2.05) is 19.1 Å². The molecule has 0 aromatic rings. The number of nitrogens with one attached hydrogen (secondary N) is 1.